The lowest BCUT2D eigenvalue weighted by Crippen LogP contribution is -2.48. The fourth-order valence-electron chi connectivity index (χ4n) is 6.45. The molecule has 0 aliphatic carbocycles. The number of carboxylic acids is 2. The summed E-state index contributed by atoms with van der Waals surface area (Å²) in [5, 5.41) is 19.6. The Bertz CT molecular complexity index is 1840. The molecular formula is C36H39N2O5+. The minimum Gasteiger partial charge on any atom is -0.481 e. The highest BCUT2D eigenvalue weighted by Crippen LogP contribution is 2.44. The zero-order valence-electron chi connectivity index (χ0n) is 25.9. The van der Waals surface area contributed by atoms with E-state index in [1.54, 1.807) is 12.1 Å². The van der Waals surface area contributed by atoms with Crippen molar-refractivity contribution in [2.45, 2.75) is 59.5 Å². The third-order valence-electron chi connectivity index (χ3n) is 8.39. The number of aliphatic carboxylic acids is 1. The summed E-state index contributed by atoms with van der Waals surface area (Å²) in [6.45, 7) is 16.0. The highest BCUT2D eigenvalue weighted by Gasteiger charge is 2.34. The van der Waals surface area contributed by atoms with E-state index in [-0.39, 0.29) is 16.6 Å². The summed E-state index contributed by atoms with van der Waals surface area (Å²) in [7, 11) is 0. The van der Waals surface area contributed by atoms with E-state index in [0.717, 1.165) is 70.0 Å². The standard InChI is InChI=1S/C34H34N2O3.C2H4O2/c1-7-35-27-19-29-25(17-21(27)13-15-33(35,3)4)31(23-11-9-10-12-24(23)32(37)38)26-18-22-14-16-34(5,6)36(8-2)28(22)20-30(26)39-29;1-2(3)4/h9-20H,7-8H2,1-6H3;1H3,(H,3,4)/p+1. The molecule has 2 N–H and O–H groups in total. The van der Waals surface area contributed by atoms with Crippen LogP contribution >= 0.6 is 0 Å². The molecule has 7 heteroatoms. The fourth-order valence-corrected chi connectivity index (χ4v) is 6.45. The lowest BCUT2D eigenvalue weighted by molar-refractivity contribution is -0.134. The van der Waals surface area contributed by atoms with E-state index in [1.807, 2.05) is 12.1 Å². The van der Waals surface area contributed by atoms with E-state index < -0.39 is 11.9 Å². The summed E-state index contributed by atoms with van der Waals surface area (Å²) in [5.74, 6) is -0.287. The lowest BCUT2D eigenvalue weighted by atomic mass is 9.86. The van der Waals surface area contributed by atoms with E-state index in [2.05, 4.69) is 99.6 Å². The van der Waals surface area contributed by atoms with Crippen molar-refractivity contribution in [3.8, 4) is 11.5 Å². The van der Waals surface area contributed by atoms with Gasteiger partial charge in [0.15, 0.2) is 5.54 Å². The van der Waals surface area contributed by atoms with Crippen LogP contribution in [0.15, 0.2) is 60.7 Å². The predicted molar refractivity (Wildman–Crippen MR) is 172 cm³/mol. The van der Waals surface area contributed by atoms with Crippen molar-refractivity contribution in [3.05, 3.63) is 99.1 Å². The summed E-state index contributed by atoms with van der Waals surface area (Å²) in [4.78, 5) is 23.8. The Hall–Kier alpha value is -4.65. The zero-order valence-corrected chi connectivity index (χ0v) is 25.9. The molecule has 43 heavy (non-hydrogen) atoms. The van der Waals surface area contributed by atoms with E-state index >= 15 is 0 Å². The lowest BCUT2D eigenvalue weighted by Gasteiger charge is -2.42. The average molecular weight is 580 g/mol. The first kappa shape index (κ1) is 29.8. The number of anilines is 1. The molecule has 0 spiro atoms. The van der Waals surface area contributed by atoms with Gasteiger partial charge in [0.25, 0.3) is 5.97 Å². The second-order valence-electron chi connectivity index (χ2n) is 12.1. The topological polar surface area (TPSA) is 90.1 Å². The van der Waals surface area contributed by atoms with Crippen LogP contribution in [0.25, 0.3) is 17.7 Å². The van der Waals surface area contributed by atoms with Gasteiger partial charge in [-0.15, -0.1) is 0 Å². The molecule has 3 aromatic carbocycles. The molecule has 0 radical (unpaired) electrons. The van der Waals surface area contributed by atoms with Gasteiger partial charge >= 0.3 is 5.97 Å². The van der Waals surface area contributed by atoms with Gasteiger partial charge in [-0.2, -0.15) is 0 Å². The summed E-state index contributed by atoms with van der Waals surface area (Å²) >= 11 is 0. The Labute approximate surface area is 252 Å². The number of hydrogen-bond donors (Lipinski definition) is 2. The summed E-state index contributed by atoms with van der Waals surface area (Å²) < 4.78 is 9.09. The van der Waals surface area contributed by atoms with Crippen LogP contribution in [0.4, 0.5) is 5.69 Å². The largest absolute Gasteiger partial charge is 0.481 e. The van der Waals surface area contributed by atoms with Crippen molar-refractivity contribution in [1.29, 1.82) is 0 Å². The number of aromatic carboxylic acids is 1. The third kappa shape index (κ3) is 5.24. The summed E-state index contributed by atoms with van der Waals surface area (Å²) in [6, 6.07) is 15.9. The van der Waals surface area contributed by atoms with E-state index in [1.165, 1.54) is 0 Å². The minimum atomic E-state index is -0.943. The monoisotopic (exact) mass is 579 g/mol. The first-order valence-corrected chi connectivity index (χ1v) is 14.7. The number of benzene rings is 3. The maximum Gasteiger partial charge on any atom is 0.336 e. The zero-order chi connectivity index (χ0) is 31.3. The molecule has 0 aromatic heterocycles. The number of rotatable bonds is 4. The molecule has 0 bridgehead atoms. The van der Waals surface area contributed by atoms with Gasteiger partial charge in [0.1, 0.15) is 18.0 Å². The number of carboxylic acid groups (broad SMARTS) is 2. The third-order valence-corrected chi connectivity index (χ3v) is 8.39. The molecule has 222 valence electrons. The van der Waals surface area contributed by atoms with Gasteiger partial charge in [0.05, 0.1) is 17.2 Å². The van der Waals surface area contributed by atoms with Crippen LogP contribution in [0.1, 0.15) is 81.1 Å². The number of nitrogens with zero attached hydrogens (tertiary/aromatic N) is 2. The van der Waals surface area contributed by atoms with Gasteiger partial charge in [-0.05, 0) is 69.2 Å². The van der Waals surface area contributed by atoms with Crippen molar-refractivity contribution in [3.63, 3.8) is 0 Å². The molecule has 0 saturated carbocycles. The van der Waals surface area contributed by atoms with E-state index in [0.29, 0.717) is 5.56 Å². The Morgan fingerprint density at radius 2 is 1.56 bits per heavy atom. The van der Waals surface area contributed by atoms with Gasteiger partial charge in [-0.1, -0.05) is 30.4 Å². The van der Waals surface area contributed by atoms with E-state index in [9.17, 15) is 9.90 Å². The molecule has 7 nitrogen and oxygen atoms in total. The first-order chi connectivity index (χ1) is 20.3. The van der Waals surface area contributed by atoms with Crippen molar-refractivity contribution >= 4 is 35.4 Å². The minimum absolute atomic E-state index is 0.121. The molecule has 0 unspecified atom stereocenters. The SMILES string of the molecule is CC(=O)O.CCN1c2cc3c(cc2C=CC1(C)C)C(c1ccccc1C(=O)O)=c1cc2c(cc1O3)=[N+](CC)C(C)(C)C=C2. The molecule has 0 atom stereocenters. The van der Waals surface area contributed by atoms with Crippen LogP contribution in [-0.2, 0) is 4.79 Å². The van der Waals surface area contributed by atoms with Gasteiger partial charge in [-0.3, -0.25) is 4.79 Å². The van der Waals surface area contributed by atoms with Gasteiger partial charge in [0, 0.05) is 61.0 Å². The predicted octanol–water partition coefficient (Wildman–Crippen LogP) is 5.78. The Morgan fingerprint density at radius 3 is 2.21 bits per heavy atom. The molecule has 3 aliphatic rings. The van der Waals surface area contributed by atoms with Crippen molar-refractivity contribution in [1.82, 2.24) is 4.58 Å². The highest BCUT2D eigenvalue weighted by atomic mass is 16.5. The normalized spacial score (nSPS) is 16.6. The molecule has 3 aliphatic heterocycles. The molecule has 0 amide bonds. The molecule has 3 heterocycles. The second-order valence-corrected chi connectivity index (χ2v) is 12.1. The van der Waals surface area contributed by atoms with Gasteiger partial charge in [-0.25, -0.2) is 9.37 Å². The highest BCUT2D eigenvalue weighted by molar-refractivity contribution is 5.99. The van der Waals surface area contributed by atoms with Crippen LogP contribution in [0, 0.1) is 0 Å². The van der Waals surface area contributed by atoms with Crippen molar-refractivity contribution < 1.29 is 24.5 Å². The van der Waals surface area contributed by atoms with Crippen LogP contribution in [0.3, 0.4) is 0 Å². The Morgan fingerprint density at radius 1 is 0.884 bits per heavy atom. The Balaban J connectivity index is 0.000000868. The molecule has 0 saturated heterocycles. The quantitative estimate of drug-likeness (QED) is 0.298. The van der Waals surface area contributed by atoms with Crippen molar-refractivity contribution in [2.75, 3.05) is 18.0 Å². The van der Waals surface area contributed by atoms with Crippen LogP contribution in [-0.4, -0.2) is 46.3 Å². The second kappa shape index (κ2) is 10.9. The smallest absolute Gasteiger partial charge is 0.336 e. The fraction of sp³-hybridized carbons (Fsp3) is 0.306. The molecule has 6 rings (SSSR count). The van der Waals surface area contributed by atoms with Gasteiger partial charge in [0.2, 0.25) is 5.36 Å². The Kier molecular flexibility index (Phi) is 7.55. The number of carbonyl (C=O) groups is 2. The van der Waals surface area contributed by atoms with Gasteiger partial charge < -0.3 is 19.8 Å². The molecule has 0 fully saturated rings. The summed E-state index contributed by atoms with van der Waals surface area (Å²) in [5.41, 5.74) is 5.84. The van der Waals surface area contributed by atoms with Crippen LogP contribution in [0.5, 0.6) is 11.5 Å². The van der Waals surface area contributed by atoms with Crippen LogP contribution < -0.4 is 24.8 Å². The maximum absolute atomic E-state index is 12.4. The first-order valence-electron chi connectivity index (χ1n) is 14.7. The average Bonchev–Trinajstić information content (AvgIpc) is 2.93. The molecule has 3 aromatic rings. The maximum atomic E-state index is 12.4. The van der Waals surface area contributed by atoms with Crippen LogP contribution in [0.2, 0.25) is 0 Å². The molecular weight excluding hydrogens is 540 g/mol. The number of hydrogen-bond acceptors (Lipinski definition) is 4. The number of fused-ring (bicyclic) bond motifs is 4. The number of ether oxygens (including phenoxy) is 1. The number of likely N-dealkylation sites (N-methyl/N-ethyl adjacent to an activating group) is 2. The van der Waals surface area contributed by atoms with E-state index in [4.69, 9.17) is 14.6 Å². The van der Waals surface area contributed by atoms with Crippen molar-refractivity contribution in [2.24, 2.45) is 0 Å². The summed E-state index contributed by atoms with van der Waals surface area (Å²) in [6.07, 6.45) is 8.82.